The summed E-state index contributed by atoms with van der Waals surface area (Å²) in [5.74, 6) is 1.33. The van der Waals surface area contributed by atoms with Gasteiger partial charge in [-0.1, -0.05) is 29.8 Å². The molecule has 2 aromatic heterocycles. The second-order valence-electron chi connectivity index (χ2n) is 6.70. The van der Waals surface area contributed by atoms with E-state index < -0.39 is 0 Å². The van der Waals surface area contributed by atoms with Gasteiger partial charge >= 0.3 is 0 Å². The second-order valence-corrected chi connectivity index (χ2v) is 6.70. The van der Waals surface area contributed by atoms with E-state index in [4.69, 9.17) is 0 Å². The van der Waals surface area contributed by atoms with Crippen LogP contribution in [0.25, 0.3) is 22.0 Å². The Morgan fingerprint density at radius 1 is 0.926 bits per heavy atom. The van der Waals surface area contributed by atoms with Gasteiger partial charge in [0.05, 0.1) is 11.9 Å². The molecule has 4 aromatic rings. The van der Waals surface area contributed by atoms with Crippen molar-refractivity contribution in [3.05, 3.63) is 77.9 Å². The van der Waals surface area contributed by atoms with Crippen molar-refractivity contribution in [1.82, 2.24) is 14.5 Å². The first-order valence-electron chi connectivity index (χ1n) is 8.78. The first-order valence-corrected chi connectivity index (χ1v) is 8.78. The lowest BCUT2D eigenvalue weighted by atomic mass is 10.1. The van der Waals surface area contributed by atoms with Crippen LogP contribution in [-0.2, 0) is 7.05 Å². The van der Waals surface area contributed by atoms with Crippen LogP contribution in [0, 0.1) is 13.8 Å². The molecule has 0 atom stereocenters. The predicted octanol–water partition coefficient (Wildman–Crippen LogP) is 4.50. The molecule has 2 heterocycles. The molecule has 0 aliphatic heterocycles. The molecule has 0 saturated heterocycles. The zero-order valence-corrected chi connectivity index (χ0v) is 15.5. The quantitative estimate of drug-likeness (QED) is 0.588. The summed E-state index contributed by atoms with van der Waals surface area (Å²) >= 11 is 0. The van der Waals surface area contributed by atoms with Crippen molar-refractivity contribution in [2.24, 2.45) is 7.05 Å². The average Bonchev–Trinajstić information content (AvgIpc) is 3.00. The van der Waals surface area contributed by atoms with E-state index in [1.54, 1.807) is 6.20 Å². The average molecular weight is 356 g/mol. The highest BCUT2D eigenvalue weighted by Crippen LogP contribution is 2.26. The monoisotopic (exact) mass is 356 g/mol. The van der Waals surface area contributed by atoms with E-state index >= 15 is 0 Å². The fraction of sp³-hybridized carbons (Fsp3) is 0.136. The van der Waals surface area contributed by atoms with E-state index in [-0.39, 0.29) is 5.91 Å². The molecule has 0 saturated carbocycles. The van der Waals surface area contributed by atoms with Gasteiger partial charge in [-0.05, 0) is 43.5 Å². The molecule has 0 fully saturated rings. The Bertz CT molecular complexity index is 1140. The molecule has 2 aromatic carbocycles. The molecule has 0 radical (unpaired) electrons. The third-order valence-electron chi connectivity index (χ3n) is 4.79. The number of hydrogen-bond acceptors (Lipinski definition) is 3. The zero-order chi connectivity index (χ0) is 19.0. The van der Waals surface area contributed by atoms with Crippen LogP contribution in [0.5, 0.6) is 0 Å². The zero-order valence-electron chi connectivity index (χ0n) is 15.5. The lowest BCUT2D eigenvalue weighted by Gasteiger charge is -2.08. The summed E-state index contributed by atoms with van der Waals surface area (Å²) in [6, 6.07) is 15.6. The number of carbonyl (C=O) groups is 1. The SMILES string of the molecule is Cc1ccc(C(=O)Nc2cc3cc(-c4cnc(C)n4C)ccc3cn2)cc1. The van der Waals surface area contributed by atoms with E-state index in [0.717, 1.165) is 33.4 Å². The minimum absolute atomic E-state index is 0.166. The van der Waals surface area contributed by atoms with Gasteiger partial charge < -0.3 is 9.88 Å². The van der Waals surface area contributed by atoms with Gasteiger partial charge in [-0.15, -0.1) is 0 Å². The van der Waals surface area contributed by atoms with Gasteiger partial charge in [-0.3, -0.25) is 4.79 Å². The number of amides is 1. The fourth-order valence-electron chi connectivity index (χ4n) is 3.03. The normalized spacial score (nSPS) is 10.9. The van der Waals surface area contributed by atoms with Gasteiger partial charge in [-0.2, -0.15) is 0 Å². The van der Waals surface area contributed by atoms with Crippen LogP contribution >= 0.6 is 0 Å². The Kier molecular flexibility index (Phi) is 4.20. The molecule has 5 heteroatoms. The maximum absolute atomic E-state index is 12.4. The van der Waals surface area contributed by atoms with Crippen LogP contribution in [0.4, 0.5) is 5.82 Å². The standard InChI is InChI=1S/C22H20N4O/c1-14-4-6-16(7-5-14)22(27)25-21-11-19-10-17(8-9-18(19)12-24-21)20-13-23-15(2)26(20)3/h4-13H,1-3H3,(H,24,25,27). The maximum atomic E-state index is 12.4. The fourth-order valence-corrected chi connectivity index (χ4v) is 3.03. The van der Waals surface area contributed by atoms with Gasteiger partial charge in [0.25, 0.3) is 5.91 Å². The summed E-state index contributed by atoms with van der Waals surface area (Å²) in [5, 5.41) is 4.91. The van der Waals surface area contributed by atoms with E-state index in [2.05, 4.69) is 32.0 Å². The van der Waals surface area contributed by atoms with Crippen molar-refractivity contribution >= 4 is 22.5 Å². The predicted molar refractivity (Wildman–Crippen MR) is 108 cm³/mol. The summed E-state index contributed by atoms with van der Waals surface area (Å²) in [4.78, 5) is 21.2. The number of imidazole rings is 1. The van der Waals surface area contributed by atoms with Crippen LogP contribution in [0.15, 0.2) is 60.9 Å². The lowest BCUT2D eigenvalue weighted by molar-refractivity contribution is 0.102. The number of nitrogens with zero attached hydrogens (tertiary/aromatic N) is 3. The summed E-state index contributed by atoms with van der Waals surface area (Å²) in [6.07, 6.45) is 3.65. The second kappa shape index (κ2) is 6.68. The molecule has 4 rings (SSSR count). The number of benzene rings is 2. The van der Waals surface area contributed by atoms with Crippen molar-refractivity contribution in [3.8, 4) is 11.3 Å². The first kappa shape index (κ1) is 17.0. The molecular weight excluding hydrogens is 336 g/mol. The number of rotatable bonds is 3. The lowest BCUT2D eigenvalue weighted by Crippen LogP contribution is -2.12. The van der Waals surface area contributed by atoms with Crippen molar-refractivity contribution in [1.29, 1.82) is 0 Å². The third-order valence-corrected chi connectivity index (χ3v) is 4.79. The highest BCUT2D eigenvalue weighted by Gasteiger charge is 2.09. The first-order chi connectivity index (χ1) is 13.0. The van der Waals surface area contributed by atoms with Gasteiger partial charge in [0.1, 0.15) is 11.6 Å². The van der Waals surface area contributed by atoms with Gasteiger partial charge in [0, 0.05) is 29.8 Å². The Hall–Kier alpha value is -3.47. The van der Waals surface area contributed by atoms with E-state index in [1.165, 1.54) is 0 Å². The Morgan fingerprint density at radius 2 is 1.70 bits per heavy atom. The summed E-state index contributed by atoms with van der Waals surface area (Å²) in [5.41, 5.74) is 3.86. The summed E-state index contributed by atoms with van der Waals surface area (Å²) in [6.45, 7) is 3.97. The molecular formula is C22H20N4O. The Morgan fingerprint density at radius 3 is 2.41 bits per heavy atom. The highest BCUT2D eigenvalue weighted by atomic mass is 16.1. The maximum Gasteiger partial charge on any atom is 0.256 e. The topological polar surface area (TPSA) is 59.8 Å². The summed E-state index contributed by atoms with van der Waals surface area (Å²) < 4.78 is 2.06. The Labute approximate surface area is 157 Å². The number of nitrogens with one attached hydrogen (secondary N) is 1. The minimum atomic E-state index is -0.166. The molecule has 0 aliphatic carbocycles. The Balaban J connectivity index is 1.65. The van der Waals surface area contributed by atoms with E-state index in [9.17, 15) is 4.79 Å². The highest BCUT2D eigenvalue weighted by molar-refractivity contribution is 6.04. The molecule has 1 N–H and O–H groups in total. The largest absolute Gasteiger partial charge is 0.331 e. The molecule has 5 nitrogen and oxygen atoms in total. The third kappa shape index (κ3) is 3.31. The molecule has 134 valence electrons. The molecule has 1 amide bonds. The number of carbonyl (C=O) groups excluding carboxylic acids is 1. The van der Waals surface area contributed by atoms with Gasteiger partial charge in [-0.25, -0.2) is 9.97 Å². The van der Waals surface area contributed by atoms with Gasteiger partial charge in [0.15, 0.2) is 0 Å². The van der Waals surface area contributed by atoms with Crippen LogP contribution in [0.2, 0.25) is 0 Å². The smallest absolute Gasteiger partial charge is 0.256 e. The molecule has 0 bridgehead atoms. The number of fused-ring (bicyclic) bond motifs is 1. The molecule has 0 aliphatic rings. The van der Waals surface area contributed by atoms with Gasteiger partial charge in [0.2, 0.25) is 0 Å². The number of pyridine rings is 1. The number of anilines is 1. The number of aryl methyl sites for hydroxylation is 2. The number of aromatic nitrogens is 3. The van der Waals surface area contributed by atoms with Crippen LogP contribution in [0.1, 0.15) is 21.7 Å². The molecule has 0 spiro atoms. The molecule has 27 heavy (non-hydrogen) atoms. The van der Waals surface area contributed by atoms with Crippen molar-refractivity contribution in [2.75, 3.05) is 5.32 Å². The van der Waals surface area contributed by atoms with Crippen molar-refractivity contribution in [2.45, 2.75) is 13.8 Å². The van der Waals surface area contributed by atoms with Crippen molar-refractivity contribution in [3.63, 3.8) is 0 Å². The van der Waals surface area contributed by atoms with Crippen LogP contribution in [0.3, 0.4) is 0 Å². The van der Waals surface area contributed by atoms with Crippen molar-refractivity contribution < 1.29 is 4.79 Å². The van der Waals surface area contributed by atoms with Crippen LogP contribution in [-0.4, -0.2) is 20.4 Å². The number of hydrogen-bond donors (Lipinski definition) is 1. The summed E-state index contributed by atoms with van der Waals surface area (Å²) in [7, 11) is 2.00. The minimum Gasteiger partial charge on any atom is -0.331 e. The van der Waals surface area contributed by atoms with E-state index in [1.807, 2.05) is 63.5 Å². The van der Waals surface area contributed by atoms with Crippen LogP contribution < -0.4 is 5.32 Å². The van der Waals surface area contributed by atoms with E-state index in [0.29, 0.717) is 11.4 Å². The molecule has 0 unspecified atom stereocenters.